The van der Waals surface area contributed by atoms with Crippen LogP contribution in [0, 0.1) is 0 Å². The molecule has 0 N–H and O–H groups in total. The second-order valence-corrected chi connectivity index (χ2v) is 15.3. The zero-order valence-corrected chi connectivity index (χ0v) is 31.9. The van der Waals surface area contributed by atoms with Crippen LogP contribution in [0.2, 0.25) is 0 Å². The van der Waals surface area contributed by atoms with Gasteiger partial charge in [-0.3, -0.25) is 9.97 Å². The summed E-state index contributed by atoms with van der Waals surface area (Å²) in [5.74, 6) is 0.628. The molecule has 1 aliphatic rings. The van der Waals surface area contributed by atoms with Gasteiger partial charge in [0.25, 0.3) is 0 Å². The first-order chi connectivity index (χ1) is 28.7. The van der Waals surface area contributed by atoms with Crippen LogP contribution in [0.5, 0.6) is 0 Å². The second-order valence-electron chi connectivity index (χ2n) is 14.3. The van der Waals surface area contributed by atoms with E-state index in [0.717, 1.165) is 88.4 Å². The van der Waals surface area contributed by atoms with Crippen LogP contribution < -0.4 is 0 Å². The van der Waals surface area contributed by atoms with E-state index in [1.165, 1.54) is 16.0 Å². The molecule has 11 rings (SSSR count). The zero-order chi connectivity index (χ0) is 38.4. The predicted octanol–water partition coefficient (Wildman–Crippen LogP) is 13.8. The number of rotatable bonds is 4. The molecule has 0 unspecified atom stereocenters. The molecule has 0 fully saturated rings. The Kier molecular flexibility index (Phi) is 8.34. The third-order valence-electron chi connectivity index (χ3n) is 10.7. The number of nitrogens with zero attached hydrogens (tertiary/aromatic N) is 4. The van der Waals surface area contributed by atoms with Gasteiger partial charge in [0.1, 0.15) is 11.2 Å². The van der Waals surface area contributed by atoms with Crippen molar-refractivity contribution in [2.45, 2.75) is 9.79 Å². The van der Waals surface area contributed by atoms with Gasteiger partial charge in [0.15, 0.2) is 5.82 Å². The summed E-state index contributed by atoms with van der Waals surface area (Å²) in [6.07, 6.45) is 9.93. The summed E-state index contributed by atoms with van der Waals surface area (Å²) in [5.41, 5.74) is 14.7. The molecule has 0 bridgehead atoms. The van der Waals surface area contributed by atoms with Crippen LogP contribution in [0.4, 0.5) is 0 Å². The highest BCUT2D eigenvalue weighted by molar-refractivity contribution is 7.99. The first-order valence-corrected chi connectivity index (χ1v) is 20.0. The van der Waals surface area contributed by atoms with Crippen LogP contribution in [-0.4, -0.2) is 19.9 Å². The molecule has 0 saturated carbocycles. The van der Waals surface area contributed by atoms with Gasteiger partial charge in [0.2, 0.25) is 0 Å². The van der Waals surface area contributed by atoms with Crippen molar-refractivity contribution in [1.82, 2.24) is 19.9 Å². The second kappa shape index (κ2) is 14.3. The van der Waals surface area contributed by atoms with Crippen LogP contribution in [-0.2, 0) is 0 Å². The van der Waals surface area contributed by atoms with Crippen molar-refractivity contribution in [2.75, 3.05) is 0 Å². The molecule has 0 radical (unpaired) electrons. The Balaban J connectivity index is 1.13. The number of hydrogen-bond donors (Lipinski definition) is 0. The summed E-state index contributed by atoms with van der Waals surface area (Å²) in [7, 11) is 0. The fraction of sp³-hybridized carbons (Fsp3) is 0. The average molecular weight is 761 g/mol. The first kappa shape index (κ1) is 33.9. The Morgan fingerprint density at radius 1 is 0.414 bits per heavy atom. The Labute approximate surface area is 339 Å². The largest absolute Gasteiger partial charge is 0.456 e. The van der Waals surface area contributed by atoms with Gasteiger partial charge in [-0.2, -0.15) is 0 Å². The van der Waals surface area contributed by atoms with E-state index in [0.29, 0.717) is 5.82 Å². The van der Waals surface area contributed by atoms with Gasteiger partial charge >= 0.3 is 0 Å². The van der Waals surface area contributed by atoms with Crippen molar-refractivity contribution in [3.05, 3.63) is 194 Å². The normalized spacial score (nSPS) is 12.0. The summed E-state index contributed by atoms with van der Waals surface area (Å²) in [6.45, 7) is 0. The van der Waals surface area contributed by atoms with Crippen molar-refractivity contribution in [1.29, 1.82) is 0 Å². The minimum atomic E-state index is 0.628. The third kappa shape index (κ3) is 6.17. The molecular weight excluding hydrogens is 729 g/mol. The van der Waals surface area contributed by atoms with Crippen molar-refractivity contribution < 1.29 is 4.42 Å². The van der Waals surface area contributed by atoms with Crippen molar-refractivity contribution >= 4 is 45.9 Å². The molecule has 5 heterocycles. The number of para-hydroxylation sites is 1. The topological polar surface area (TPSA) is 64.7 Å². The highest BCUT2D eigenvalue weighted by Gasteiger charge is 2.21. The molecule has 0 aliphatic carbocycles. The SMILES string of the molecule is C1=Cc2ccc(-c3nc(-c4ccccc4)cc(-c4ccc(-c5cccnc5)nc4)n3)cc2-c2cc3oc4ccccc4c3cc2Sc2ccccc2-c2ccccc21. The number of hydrogen-bond acceptors (Lipinski definition) is 6. The van der Waals surface area contributed by atoms with Gasteiger partial charge in [0.05, 0.1) is 17.1 Å². The Morgan fingerprint density at radius 2 is 1.14 bits per heavy atom. The highest BCUT2D eigenvalue weighted by atomic mass is 32.2. The summed E-state index contributed by atoms with van der Waals surface area (Å²) in [6, 6.07) is 57.0. The molecule has 6 aromatic carbocycles. The molecule has 0 saturated heterocycles. The van der Waals surface area contributed by atoms with Crippen LogP contribution in [0.25, 0.3) is 102 Å². The molecular formula is C52H32N4OS. The number of fused-ring (bicyclic) bond motifs is 9. The minimum absolute atomic E-state index is 0.628. The lowest BCUT2D eigenvalue weighted by Gasteiger charge is -2.16. The van der Waals surface area contributed by atoms with E-state index in [2.05, 4.69) is 126 Å². The maximum absolute atomic E-state index is 6.53. The number of benzene rings is 6. The van der Waals surface area contributed by atoms with Crippen LogP contribution in [0.15, 0.2) is 197 Å². The summed E-state index contributed by atoms with van der Waals surface area (Å²) < 4.78 is 6.53. The quantitative estimate of drug-likeness (QED) is 0.178. The van der Waals surface area contributed by atoms with Crippen LogP contribution >= 0.6 is 11.8 Å². The maximum Gasteiger partial charge on any atom is 0.160 e. The standard InChI is InChI=1S/C52H32N4OS/c1-2-12-35(13-3-1)46-30-47(38-24-25-45(54-32-38)37-14-10-26-53-31-37)56-52(55-46)36-23-22-34-21-20-33-11-4-5-15-39(33)41-17-7-9-19-50(41)58-51-29-43-40-16-6-8-18-48(40)57-49(43)28-44(51)42(34)27-36/h1-32H. The zero-order valence-electron chi connectivity index (χ0n) is 31.1. The van der Waals surface area contributed by atoms with Gasteiger partial charge in [-0.05, 0) is 94.0 Å². The van der Waals surface area contributed by atoms with E-state index in [4.69, 9.17) is 19.4 Å². The van der Waals surface area contributed by atoms with E-state index in [9.17, 15) is 0 Å². The lowest BCUT2D eigenvalue weighted by molar-refractivity contribution is 0.669. The Bertz CT molecular complexity index is 3190. The molecule has 0 amide bonds. The van der Waals surface area contributed by atoms with E-state index in [1.54, 1.807) is 18.0 Å². The molecule has 0 spiro atoms. The summed E-state index contributed by atoms with van der Waals surface area (Å²) >= 11 is 1.79. The van der Waals surface area contributed by atoms with Crippen molar-refractivity contribution in [3.8, 4) is 67.4 Å². The average Bonchev–Trinajstić information content (AvgIpc) is 3.65. The Hall–Kier alpha value is -7.41. The fourth-order valence-corrected chi connectivity index (χ4v) is 8.92. The fourth-order valence-electron chi connectivity index (χ4n) is 7.80. The monoisotopic (exact) mass is 760 g/mol. The van der Waals surface area contributed by atoms with Gasteiger partial charge in [-0.1, -0.05) is 127 Å². The van der Waals surface area contributed by atoms with E-state index >= 15 is 0 Å². The van der Waals surface area contributed by atoms with Gasteiger partial charge in [-0.25, -0.2) is 9.97 Å². The molecule has 10 aromatic rings. The summed E-state index contributed by atoms with van der Waals surface area (Å²) in [4.78, 5) is 21.9. The predicted molar refractivity (Wildman–Crippen MR) is 237 cm³/mol. The minimum Gasteiger partial charge on any atom is -0.456 e. The van der Waals surface area contributed by atoms with Crippen molar-refractivity contribution in [2.24, 2.45) is 0 Å². The Morgan fingerprint density at radius 3 is 1.98 bits per heavy atom. The smallest absolute Gasteiger partial charge is 0.160 e. The molecule has 4 aromatic heterocycles. The highest BCUT2D eigenvalue weighted by Crippen LogP contribution is 2.47. The van der Waals surface area contributed by atoms with Crippen molar-refractivity contribution in [3.63, 3.8) is 0 Å². The van der Waals surface area contributed by atoms with E-state index in [-0.39, 0.29) is 0 Å². The van der Waals surface area contributed by atoms with Gasteiger partial charge in [0, 0.05) is 61.4 Å². The van der Waals surface area contributed by atoms with E-state index in [1.807, 2.05) is 67.0 Å². The van der Waals surface area contributed by atoms with Gasteiger partial charge in [-0.15, -0.1) is 0 Å². The third-order valence-corrected chi connectivity index (χ3v) is 11.8. The lowest BCUT2D eigenvalue weighted by atomic mass is 9.94. The number of furan rings is 1. The van der Waals surface area contributed by atoms with Gasteiger partial charge < -0.3 is 4.42 Å². The molecule has 5 nitrogen and oxygen atoms in total. The number of aromatic nitrogens is 4. The molecule has 6 heteroatoms. The molecule has 0 atom stereocenters. The molecule has 58 heavy (non-hydrogen) atoms. The lowest BCUT2D eigenvalue weighted by Crippen LogP contribution is -1.97. The van der Waals surface area contributed by atoms with Crippen LogP contribution in [0.3, 0.4) is 0 Å². The summed E-state index contributed by atoms with van der Waals surface area (Å²) in [5, 5.41) is 2.19. The number of pyridine rings is 2. The maximum atomic E-state index is 6.53. The van der Waals surface area contributed by atoms with E-state index < -0.39 is 0 Å². The molecule has 1 aliphatic heterocycles. The molecule has 272 valence electrons. The first-order valence-electron chi connectivity index (χ1n) is 19.2. The van der Waals surface area contributed by atoms with Crippen LogP contribution in [0.1, 0.15) is 11.1 Å².